The zero-order valence-corrected chi connectivity index (χ0v) is 21.1. The number of ether oxygens (including phenoxy) is 1. The SMILES string of the molecule is Cc1cc(C)cc(CC(NC(=S)NCCOC(=O)c2ccccn2)c2cccc(C(F)(F)F)c2C)c1. The second kappa shape index (κ2) is 12.0. The van der Waals surface area contributed by atoms with E-state index in [2.05, 4.69) is 15.6 Å². The van der Waals surface area contributed by atoms with Gasteiger partial charge in [0.05, 0.1) is 18.2 Å². The Hall–Kier alpha value is -3.46. The molecular formula is C27H28F3N3O2S. The number of aromatic nitrogens is 1. The molecule has 190 valence electrons. The maximum Gasteiger partial charge on any atom is 0.416 e. The number of aryl methyl sites for hydroxylation is 2. The number of carbonyl (C=O) groups excluding carboxylic acids is 1. The van der Waals surface area contributed by atoms with Gasteiger partial charge in [0.25, 0.3) is 0 Å². The van der Waals surface area contributed by atoms with Gasteiger partial charge in [-0.05, 0) is 74.3 Å². The largest absolute Gasteiger partial charge is 0.459 e. The zero-order valence-electron chi connectivity index (χ0n) is 20.3. The Morgan fingerprint density at radius 2 is 1.78 bits per heavy atom. The number of thiocarbonyl (C=S) groups is 1. The summed E-state index contributed by atoms with van der Waals surface area (Å²) in [5.41, 5.74) is 3.31. The molecule has 1 atom stereocenters. The van der Waals surface area contributed by atoms with E-state index in [4.69, 9.17) is 17.0 Å². The highest BCUT2D eigenvalue weighted by molar-refractivity contribution is 7.80. The van der Waals surface area contributed by atoms with Crippen molar-refractivity contribution in [2.75, 3.05) is 13.2 Å². The van der Waals surface area contributed by atoms with Gasteiger partial charge in [-0.15, -0.1) is 0 Å². The smallest absolute Gasteiger partial charge is 0.416 e. The van der Waals surface area contributed by atoms with E-state index in [1.54, 1.807) is 24.3 Å². The monoisotopic (exact) mass is 515 g/mol. The lowest BCUT2D eigenvalue weighted by Crippen LogP contribution is -2.40. The van der Waals surface area contributed by atoms with Gasteiger partial charge in [0, 0.05) is 6.20 Å². The normalized spacial score (nSPS) is 12.1. The van der Waals surface area contributed by atoms with Crippen molar-refractivity contribution in [3.05, 3.63) is 99.9 Å². The quantitative estimate of drug-likeness (QED) is 0.230. The second-order valence-corrected chi connectivity index (χ2v) is 8.93. The van der Waals surface area contributed by atoms with Crippen LogP contribution in [0.15, 0.2) is 60.8 Å². The molecule has 3 rings (SSSR count). The van der Waals surface area contributed by atoms with Gasteiger partial charge in [-0.25, -0.2) is 9.78 Å². The lowest BCUT2D eigenvalue weighted by Gasteiger charge is -2.25. The number of alkyl halides is 3. The molecule has 0 aliphatic carbocycles. The van der Waals surface area contributed by atoms with Gasteiger partial charge in [0.1, 0.15) is 12.3 Å². The minimum atomic E-state index is -4.46. The molecule has 0 aliphatic rings. The van der Waals surface area contributed by atoms with E-state index in [-0.39, 0.29) is 29.5 Å². The Morgan fingerprint density at radius 3 is 2.42 bits per heavy atom. The first-order valence-electron chi connectivity index (χ1n) is 11.4. The number of carbonyl (C=O) groups is 1. The van der Waals surface area contributed by atoms with Gasteiger partial charge in [-0.2, -0.15) is 13.2 Å². The number of pyridine rings is 1. The van der Waals surface area contributed by atoms with Crippen LogP contribution in [-0.2, 0) is 17.3 Å². The van der Waals surface area contributed by atoms with Crippen molar-refractivity contribution >= 4 is 23.3 Å². The van der Waals surface area contributed by atoms with E-state index in [1.165, 1.54) is 19.2 Å². The summed E-state index contributed by atoms with van der Waals surface area (Å²) in [7, 11) is 0. The van der Waals surface area contributed by atoms with E-state index in [1.807, 2.05) is 32.0 Å². The van der Waals surface area contributed by atoms with E-state index in [0.717, 1.165) is 22.8 Å². The maximum atomic E-state index is 13.6. The highest BCUT2D eigenvalue weighted by atomic mass is 32.1. The van der Waals surface area contributed by atoms with E-state index in [9.17, 15) is 18.0 Å². The first kappa shape index (κ1) is 27.1. The van der Waals surface area contributed by atoms with Gasteiger partial charge in [-0.1, -0.05) is 47.5 Å². The number of nitrogens with zero attached hydrogens (tertiary/aromatic N) is 1. The van der Waals surface area contributed by atoms with Crippen molar-refractivity contribution < 1.29 is 22.7 Å². The molecule has 2 aromatic carbocycles. The number of esters is 1. The number of rotatable bonds is 8. The predicted octanol–water partition coefficient (Wildman–Crippen LogP) is 5.63. The number of hydrogen-bond donors (Lipinski definition) is 2. The predicted molar refractivity (Wildman–Crippen MR) is 137 cm³/mol. The summed E-state index contributed by atoms with van der Waals surface area (Å²) < 4.78 is 45.9. The first-order chi connectivity index (χ1) is 17.0. The topological polar surface area (TPSA) is 63.2 Å². The van der Waals surface area contributed by atoms with Crippen molar-refractivity contribution in [1.29, 1.82) is 0 Å². The molecule has 0 fully saturated rings. The molecule has 3 aromatic rings. The Balaban J connectivity index is 1.72. The average Bonchev–Trinajstić information content (AvgIpc) is 2.80. The fourth-order valence-electron chi connectivity index (χ4n) is 4.07. The minimum Gasteiger partial charge on any atom is -0.459 e. The van der Waals surface area contributed by atoms with Crippen LogP contribution in [0.25, 0.3) is 0 Å². The van der Waals surface area contributed by atoms with Crippen LogP contribution in [0.3, 0.4) is 0 Å². The Bertz CT molecular complexity index is 1200. The van der Waals surface area contributed by atoms with Crippen LogP contribution < -0.4 is 10.6 Å². The average molecular weight is 516 g/mol. The van der Waals surface area contributed by atoms with Crippen LogP contribution in [0.4, 0.5) is 13.2 Å². The third-order valence-electron chi connectivity index (χ3n) is 5.58. The molecule has 36 heavy (non-hydrogen) atoms. The molecule has 0 aliphatic heterocycles. The molecule has 9 heteroatoms. The van der Waals surface area contributed by atoms with Crippen LogP contribution in [0.5, 0.6) is 0 Å². The molecule has 1 aromatic heterocycles. The van der Waals surface area contributed by atoms with Crippen molar-refractivity contribution in [3.63, 3.8) is 0 Å². The molecule has 0 spiro atoms. The summed E-state index contributed by atoms with van der Waals surface area (Å²) in [6.07, 6.45) is -2.53. The summed E-state index contributed by atoms with van der Waals surface area (Å²) in [5.74, 6) is -0.552. The lowest BCUT2D eigenvalue weighted by atomic mass is 9.91. The van der Waals surface area contributed by atoms with Crippen LogP contribution in [0.2, 0.25) is 0 Å². The molecule has 0 saturated heterocycles. The zero-order chi connectivity index (χ0) is 26.3. The van der Waals surface area contributed by atoms with Crippen LogP contribution in [0.1, 0.15) is 49.9 Å². The summed E-state index contributed by atoms with van der Waals surface area (Å²) in [5, 5.41) is 6.37. The molecule has 1 heterocycles. The van der Waals surface area contributed by atoms with E-state index < -0.39 is 23.8 Å². The number of hydrogen-bond acceptors (Lipinski definition) is 4. The molecule has 1 unspecified atom stereocenters. The highest BCUT2D eigenvalue weighted by Gasteiger charge is 2.33. The molecule has 2 N–H and O–H groups in total. The van der Waals surface area contributed by atoms with Crippen LogP contribution in [0, 0.1) is 20.8 Å². The molecular weight excluding hydrogens is 487 g/mol. The van der Waals surface area contributed by atoms with Gasteiger partial charge >= 0.3 is 12.1 Å². The van der Waals surface area contributed by atoms with E-state index in [0.29, 0.717) is 12.0 Å². The molecule has 0 bridgehead atoms. The third kappa shape index (κ3) is 7.52. The van der Waals surface area contributed by atoms with Gasteiger partial charge in [-0.3, -0.25) is 0 Å². The number of nitrogens with one attached hydrogen (secondary N) is 2. The Morgan fingerprint density at radius 1 is 1.06 bits per heavy atom. The number of halogens is 3. The molecule has 0 amide bonds. The van der Waals surface area contributed by atoms with Gasteiger partial charge < -0.3 is 15.4 Å². The summed E-state index contributed by atoms with van der Waals surface area (Å²) in [4.78, 5) is 15.9. The summed E-state index contributed by atoms with van der Waals surface area (Å²) in [6, 6.07) is 14.7. The minimum absolute atomic E-state index is 0.0432. The van der Waals surface area contributed by atoms with Gasteiger partial charge in [0.15, 0.2) is 5.11 Å². The van der Waals surface area contributed by atoms with Crippen LogP contribution in [-0.4, -0.2) is 29.2 Å². The highest BCUT2D eigenvalue weighted by Crippen LogP contribution is 2.35. The maximum absolute atomic E-state index is 13.6. The van der Waals surface area contributed by atoms with E-state index >= 15 is 0 Å². The Kier molecular flexibility index (Phi) is 9.03. The Labute approximate surface area is 214 Å². The van der Waals surface area contributed by atoms with Crippen molar-refractivity contribution in [2.24, 2.45) is 0 Å². The molecule has 0 saturated carbocycles. The third-order valence-corrected chi connectivity index (χ3v) is 5.84. The number of benzene rings is 2. The van der Waals surface area contributed by atoms with Crippen molar-refractivity contribution in [1.82, 2.24) is 15.6 Å². The molecule has 5 nitrogen and oxygen atoms in total. The van der Waals surface area contributed by atoms with Gasteiger partial charge in [0.2, 0.25) is 0 Å². The van der Waals surface area contributed by atoms with Crippen molar-refractivity contribution in [2.45, 2.75) is 39.4 Å². The molecule has 0 radical (unpaired) electrons. The summed E-state index contributed by atoms with van der Waals surface area (Å²) >= 11 is 5.42. The fourth-order valence-corrected chi connectivity index (χ4v) is 4.32. The first-order valence-corrected chi connectivity index (χ1v) is 11.8. The standard InChI is InChI=1S/C27H28F3N3O2S/c1-17-13-18(2)15-20(14-17)16-24(21-7-6-8-22(19(21)3)27(28,29)30)33-26(36)32-11-12-35-25(34)23-9-4-5-10-31-23/h4-10,13-15,24H,11-12,16H2,1-3H3,(H2,32,33,36). The fraction of sp³-hybridized carbons (Fsp3) is 0.296. The van der Waals surface area contributed by atoms with Crippen molar-refractivity contribution in [3.8, 4) is 0 Å². The lowest BCUT2D eigenvalue weighted by molar-refractivity contribution is -0.138. The summed E-state index contributed by atoms with van der Waals surface area (Å²) in [6.45, 7) is 5.70. The second-order valence-electron chi connectivity index (χ2n) is 8.52. The van der Waals surface area contributed by atoms with Crippen LogP contribution >= 0.6 is 12.2 Å².